The molecule has 21 heavy (non-hydrogen) atoms. The molecule has 0 saturated heterocycles. The van der Waals surface area contributed by atoms with E-state index in [1.54, 1.807) is 17.8 Å². The standard InChI is InChI=1S/C18H18N2O/c1-3-5-13-7-9-14(10-8-13)16-12-15-6-4-11-19-17(15)20(2)18(16)21/h4,6-12H,3,5H2,1-2H3. The fraction of sp³-hybridized carbons (Fsp3) is 0.222. The number of hydrogen-bond acceptors (Lipinski definition) is 2. The Hall–Kier alpha value is -2.42. The second-order valence-corrected chi connectivity index (χ2v) is 5.29. The summed E-state index contributed by atoms with van der Waals surface area (Å²) in [5.74, 6) is 0. The SMILES string of the molecule is CCCc1ccc(-c2cc3cccnc3n(C)c2=O)cc1. The number of benzene rings is 1. The van der Waals surface area contributed by atoms with E-state index in [1.807, 2.05) is 30.3 Å². The predicted molar refractivity (Wildman–Crippen MR) is 86.4 cm³/mol. The van der Waals surface area contributed by atoms with Crippen molar-refractivity contribution in [1.29, 1.82) is 0 Å². The van der Waals surface area contributed by atoms with Crippen LogP contribution in [0.2, 0.25) is 0 Å². The van der Waals surface area contributed by atoms with E-state index in [4.69, 9.17) is 0 Å². The first-order valence-electron chi connectivity index (χ1n) is 7.25. The minimum Gasteiger partial charge on any atom is -0.295 e. The Morgan fingerprint density at radius 2 is 1.90 bits per heavy atom. The van der Waals surface area contributed by atoms with Crippen molar-refractivity contribution in [3.63, 3.8) is 0 Å². The number of aromatic nitrogens is 2. The molecule has 0 atom stereocenters. The van der Waals surface area contributed by atoms with Crippen LogP contribution in [0.5, 0.6) is 0 Å². The zero-order valence-corrected chi connectivity index (χ0v) is 12.3. The van der Waals surface area contributed by atoms with Crippen LogP contribution in [0.4, 0.5) is 0 Å². The molecular formula is C18H18N2O. The van der Waals surface area contributed by atoms with Gasteiger partial charge in [-0.25, -0.2) is 4.98 Å². The molecule has 0 N–H and O–H groups in total. The van der Waals surface area contributed by atoms with Gasteiger partial charge in [-0.3, -0.25) is 9.36 Å². The lowest BCUT2D eigenvalue weighted by Crippen LogP contribution is -2.19. The van der Waals surface area contributed by atoms with Gasteiger partial charge in [0.2, 0.25) is 0 Å². The maximum Gasteiger partial charge on any atom is 0.259 e. The summed E-state index contributed by atoms with van der Waals surface area (Å²) in [6.07, 6.45) is 3.91. The highest BCUT2D eigenvalue weighted by atomic mass is 16.1. The van der Waals surface area contributed by atoms with Gasteiger partial charge in [0.25, 0.3) is 5.56 Å². The fourth-order valence-electron chi connectivity index (χ4n) is 2.64. The Kier molecular flexibility index (Phi) is 3.57. The molecule has 3 rings (SSSR count). The molecule has 0 aliphatic rings. The van der Waals surface area contributed by atoms with Crippen molar-refractivity contribution in [2.24, 2.45) is 7.05 Å². The number of nitrogens with zero attached hydrogens (tertiary/aromatic N) is 2. The molecule has 0 amide bonds. The van der Waals surface area contributed by atoms with E-state index in [-0.39, 0.29) is 5.56 Å². The molecular weight excluding hydrogens is 260 g/mol. The van der Waals surface area contributed by atoms with Crippen molar-refractivity contribution < 1.29 is 0 Å². The monoisotopic (exact) mass is 278 g/mol. The van der Waals surface area contributed by atoms with Crippen LogP contribution in [0.1, 0.15) is 18.9 Å². The number of fused-ring (bicyclic) bond motifs is 1. The van der Waals surface area contributed by atoms with E-state index in [0.29, 0.717) is 5.65 Å². The van der Waals surface area contributed by atoms with Crippen molar-refractivity contribution >= 4 is 11.0 Å². The third kappa shape index (κ3) is 2.47. The van der Waals surface area contributed by atoms with Gasteiger partial charge < -0.3 is 0 Å². The predicted octanol–water partition coefficient (Wildman–Crippen LogP) is 3.55. The molecule has 3 aromatic rings. The van der Waals surface area contributed by atoms with Gasteiger partial charge in [-0.2, -0.15) is 0 Å². The van der Waals surface area contributed by atoms with E-state index in [0.717, 1.165) is 29.4 Å². The Morgan fingerprint density at radius 3 is 2.62 bits per heavy atom. The molecule has 0 aliphatic heterocycles. The van der Waals surface area contributed by atoms with Crippen LogP contribution < -0.4 is 5.56 Å². The first kappa shape index (κ1) is 13.6. The van der Waals surface area contributed by atoms with Crippen molar-refractivity contribution in [3.8, 4) is 11.1 Å². The van der Waals surface area contributed by atoms with Crippen molar-refractivity contribution in [2.45, 2.75) is 19.8 Å². The highest BCUT2D eigenvalue weighted by Crippen LogP contribution is 2.20. The summed E-state index contributed by atoms with van der Waals surface area (Å²) in [6.45, 7) is 2.17. The van der Waals surface area contributed by atoms with Crippen molar-refractivity contribution in [1.82, 2.24) is 9.55 Å². The lowest BCUT2D eigenvalue weighted by Gasteiger charge is -2.08. The van der Waals surface area contributed by atoms with Gasteiger partial charge in [0, 0.05) is 24.2 Å². The van der Waals surface area contributed by atoms with E-state index < -0.39 is 0 Å². The molecule has 0 unspecified atom stereocenters. The summed E-state index contributed by atoms with van der Waals surface area (Å²) in [7, 11) is 1.77. The van der Waals surface area contributed by atoms with Gasteiger partial charge in [-0.1, -0.05) is 37.6 Å². The fourth-order valence-corrected chi connectivity index (χ4v) is 2.64. The highest BCUT2D eigenvalue weighted by molar-refractivity contribution is 5.81. The number of hydrogen-bond donors (Lipinski definition) is 0. The van der Waals surface area contributed by atoms with Crippen LogP contribution in [0.15, 0.2) is 53.5 Å². The van der Waals surface area contributed by atoms with E-state index in [1.165, 1.54) is 5.56 Å². The van der Waals surface area contributed by atoms with Crippen molar-refractivity contribution in [3.05, 3.63) is 64.6 Å². The number of aryl methyl sites for hydroxylation is 2. The average molecular weight is 278 g/mol. The third-order valence-corrected chi connectivity index (χ3v) is 3.77. The van der Waals surface area contributed by atoms with Crippen LogP contribution in [-0.4, -0.2) is 9.55 Å². The molecule has 0 aliphatic carbocycles. The van der Waals surface area contributed by atoms with Gasteiger partial charge in [0.05, 0.1) is 0 Å². The summed E-state index contributed by atoms with van der Waals surface area (Å²) in [6, 6.07) is 14.1. The third-order valence-electron chi connectivity index (χ3n) is 3.77. The maximum atomic E-state index is 12.5. The Morgan fingerprint density at radius 1 is 1.14 bits per heavy atom. The molecule has 0 saturated carbocycles. The zero-order chi connectivity index (χ0) is 14.8. The van der Waals surface area contributed by atoms with E-state index >= 15 is 0 Å². The minimum absolute atomic E-state index is 0.00978. The molecule has 3 heteroatoms. The molecule has 2 heterocycles. The van der Waals surface area contributed by atoms with E-state index in [2.05, 4.69) is 24.0 Å². The van der Waals surface area contributed by atoms with Gasteiger partial charge in [-0.15, -0.1) is 0 Å². The van der Waals surface area contributed by atoms with Crippen LogP contribution in [0.25, 0.3) is 22.2 Å². The lowest BCUT2D eigenvalue weighted by molar-refractivity contribution is 0.890. The van der Waals surface area contributed by atoms with Crippen LogP contribution in [0, 0.1) is 0 Å². The Balaban J connectivity index is 2.16. The minimum atomic E-state index is -0.00978. The van der Waals surface area contributed by atoms with Crippen LogP contribution in [-0.2, 0) is 13.5 Å². The smallest absolute Gasteiger partial charge is 0.259 e. The van der Waals surface area contributed by atoms with Crippen LogP contribution in [0.3, 0.4) is 0 Å². The largest absolute Gasteiger partial charge is 0.295 e. The normalized spacial score (nSPS) is 11.0. The van der Waals surface area contributed by atoms with Crippen LogP contribution >= 0.6 is 0 Å². The number of pyridine rings is 2. The second kappa shape index (κ2) is 5.52. The molecule has 3 nitrogen and oxygen atoms in total. The topological polar surface area (TPSA) is 34.9 Å². The van der Waals surface area contributed by atoms with Gasteiger partial charge in [0.1, 0.15) is 5.65 Å². The van der Waals surface area contributed by atoms with Gasteiger partial charge >= 0.3 is 0 Å². The average Bonchev–Trinajstić information content (AvgIpc) is 2.52. The lowest BCUT2D eigenvalue weighted by atomic mass is 10.0. The highest BCUT2D eigenvalue weighted by Gasteiger charge is 2.09. The molecule has 0 radical (unpaired) electrons. The summed E-state index contributed by atoms with van der Waals surface area (Å²) >= 11 is 0. The maximum absolute atomic E-state index is 12.5. The van der Waals surface area contributed by atoms with E-state index in [9.17, 15) is 4.79 Å². The molecule has 0 spiro atoms. The quantitative estimate of drug-likeness (QED) is 0.734. The molecule has 0 fully saturated rings. The summed E-state index contributed by atoms with van der Waals surface area (Å²) in [4.78, 5) is 16.8. The Bertz CT molecular complexity index is 832. The second-order valence-electron chi connectivity index (χ2n) is 5.29. The van der Waals surface area contributed by atoms with Gasteiger partial charge in [-0.05, 0) is 35.7 Å². The summed E-state index contributed by atoms with van der Waals surface area (Å²) in [5.41, 5.74) is 3.70. The Labute approximate surface area is 123 Å². The summed E-state index contributed by atoms with van der Waals surface area (Å²) in [5, 5.41) is 0.979. The van der Waals surface area contributed by atoms with Gasteiger partial charge in [0.15, 0.2) is 0 Å². The number of rotatable bonds is 3. The zero-order valence-electron chi connectivity index (χ0n) is 12.3. The molecule has 1 aromatic carbocycles. The first-order valence-corrected chi connectivity index (χ1v) is 7.25. The first-order chi connectivity index (χ1) is 10.2. The molecule has 2 aromatic heterocycles. The van der Waals surface area contributed by atoms with Crippen molar-refractivity contribution in [2.75, 3.05) is 0 Å². The summed E-state index contributed by atoms with van der Waals surface area (Å²) < 4.78 is 1.62. The molecule has 0 bridgehead atoms. The molecule has 106 valence electrons.